The van der Waals surface area contributed by atoms with Crippen LogP contribution in [-0.4, -0.2) is 6.79 Å². The molecule has 0 atom stereocenters. The SMILES string of the molecule is C1=Cc2c3c(ccc2=C1)=COCO3. The molecule has 3 rings (SSSR count). The molecule has 0 aromatic heterocycles. The highest BCUT2D eigenvalue weighted by atomic mass is 16.7. The third-order valence-electron chi connectivity index (χ3n) is 2.28. The van der Waals surface area contributed by atoms with E-state index in [1.165, 1.54) is 5.22 Å². The fourth-order valence-corrected chi connectivity index (χ4v) is 1.67. The lowest BCUT2D eigenvalue weighted by atomic mass is 10.1. The Morgan fingerprint density at radius 3 is 3.08 bits per heavy atom. The standard InChI is InChI=1S/C11H8O2/c1-2-8-4-5-9-6-12-7-13-11(9)10(8)3-1/h1-6H,7H2. The number of allylic oxidation sites excluding steroid dienone is 1. The van der Waals surface area contributed by atoms with Crippen molar-refractivity contribution in [3.05, 3.63) is 34.2 Å². The fraction of sp³-hybridized carbons (Fsp3) is 0.0909. The second kappa shape index (κ2) is 2.39. The van der Waals surface area contributed by atoms with Gasteiger partial charge in [-0.15, -0.1) is 0 Å². The van der Waals surface area contributed by atoms with Crippen molar-refractivity contribution in [2.75, 3.05) is 6.79 Å². The number of hydrogen-bond donors (Lipinski definition) is 0. The van der Waals surface area contributed by atoms with Gasteiger partial charge in [0.2, 0.25) is 6.79 Å². The molecule has 1 aliphatic carbocycles. The third-order valence-corrected chi connectivity index (χ3v) is 2.28. The van der Waals surface area contributed by atoms with E-state index in [0.29, 0.717) is 6.79 Å². The summed E-state index contributed by atoms with van der Waals surface area (Å²) < 4.78 is 10.5. The molecule has 0 fully saturated rings. The van der Waals surface area contributed by atoms with E-state index in [1.807, 2.05) is 12.1 Å². The summed E-state index contributed by atoms with van der Waals surface area (Å²) in [6, 6.07) is 4.08. The maximum atomic E-state index is 5.44. The molecular weight excluding hydrogens is 164 g/mol. The van der Waals surface area contributed by atoms with Gasteiger partial charge in [-0.2, -0.15) is 0 Å². The van der Waals surface area contributed by atoms with Gasteiger partial charge in [0, 0.05) is 5.56 Å². The van der Waals surface area contributed by atoms with Crippen molar-refractivity contribution in [3.63, 3.8) is 0 Å². The van der Waals surface area contributed by atoms with Crippen LogP contribution in [0.4, 0.5) is 0 Å². The van der Waals surface area contributed by atoms with Gasteiger partial charge in [0.25, 0.3) is 0 Å². The summed E-state index contributed by atoms with van der Waals surface area (Å²) in [7, 11) is 0. The first kappa shape index (κ1) is 6.78. The van der Waals surface area contributed by atoms with Crippen molar-refractivity contribution in [1.82, 2.24) is 0 Å². The van der Waals surface area contributed by atoms with Gasteiger partial charge in [-0.3, -0.25) is 0 Å². The lowest BCUT2D eigenvalue weighted by Crippen LogP contribution is -2.21. The molecule has 0 saturated heterocycles. The summed E-state index contributed by atoms with van der Waals surface area (Å²) >= 11 is 0. The Morgan fingerprint density at radius 1 is 1.15 bits per heavy atom. The summed E-state index contributed by atoms with van der Waals surface area (Å²) in [4.78, 5) is 0. The van der Waals surface area contributed by atoms with Crippen molar-refractivity contribution in [1.29, 1.82) is 0 Å². The average molecular weight is 172 g/mol. The van der Waals surface area contributed by atoms with Crippen LogP contribution in [0, 0.1) is 0 Å². The van der Waals surface area contributed by atoms with Crippen molar-refractivity contribution in [3.8, 4) is 5.75 Å². The molecule has 0 saturated carbocycles. The molecule has 1 aromatic carbocycles. The zero-order valence-corrected chi connectivity index (χ0v) is 6.99. The zero-order valence-electron chi connectivity index (χ0n) is 6.99. The number of hydrogen-bond acceptors (Lipinski definition) is 2. The highest BCUT2D eigenvalue weighted by Crippen LogP contribution is 2.15. The topological polar surface area (TPSA) is 18.5 Å². The van der Waals surface area contributed by atoms with Gasteiger partial charge >= 0.3 is 0 Å². The Morgan fingerprint density at radius 2 is 2.08 bits per heavy atom. The van der Waals surface area contributed by atoms with Crippen molar-refractivity contribution in [2.24, 2.45) is 0 Å². The molecule has 2 heteroatoms. The van der Waals surface area contributed by atoms with Gasteiger partial charge in [-0.25, -0.2) is 0 Å². The minimum absolute atomic E-state index is 0.317. The van der Waals surface area contributed by atoms with E-state index in [0.717, 1.165) is 16.5 Å². The van der Waals surface area contributed by atoms with E-state index in [2.05, 4.69) is 18.2 Å². The van der Waals surface area contributed by atoms with Crippen molar-refractivity contribution in [2.45, 2.75) is 0 Å². The molecule has 0 unspecified atom stereocenters. The molecule has 13 heavy (non-hydrogen) atoms. The predicted octanol–water partition coefficient (Wildman–Crippen LogP) is 0.598. The smallest absolute Gasteiger partial charge is 0.230 e. The number of benzene rings is 1. The van der Waals surface area contributed by atoms with Crippen LogP contribution in [0.3, 0.4) is 0 Å². The molecule has 1 heterocycles. The normalized spacial score (nSPS) is 16.0. The molecule has 0 N–H and O–H groups in total. The summed E-state index contributed by atoms with van der Waals surface area (Å²) in [5.74, 6) is 0.939. The van der Waals surface area contributed by atoms with Gasteiger partial charge in [0.05, 0.1) is 11.5 Å². The number of fused-ring (bicyclic) bond motifs is 3. The van der Waals surface area contributed by atoms with Crippen LogP contribution in [0.5, 0.6) is 5.75 Å². The van der Waals surface area contributed by atoms with Crippen LogP contribution in [-0.2, 0) is 4.74 Å². The molecule has 1 aliphatic heterocycles. The summed E-state index contributed by atoms with van der Waals surface area (Å²) in [6.07, 6.45) is 7.91. The molecule has 2 nitrogen and oxygen atoms in total. The molecule has 2 aliphatic rings. The van der Waals surface area contributed by atoms with E-state index in [-0.39, 0.29) is 0 Å². The average Bonchev–Trinajstić information content (AvgIpc) is 2.65. The van der Waals surface area contributed by atoms with Gasteiger partial charge in [-0.05, 0) is 11.3 Å². The van der Waals surface area contributed by atoms with E-state index in [9.17, 15) is 0 Å². The van der Waals surface area contributed by atoms with Crippen LogP contribution in [0.25, 0.3) is 18.4 Å². The summed E-state index contributed by atoms with van der Waals surface area (Å²) in [5.41, 5.74) is 1.16. The molecule has 0 bridgehead atoms. The maximum absolute atomic E-state index is 5.44. The molecule has 64 valence electrons. The molecule has 0 radical (unpaired) electrons. The van der Waals surface area contributed by atoms with Crippen LogP contribution < -0.4 is 15.2 Å². The predicted molar refractivity (Wildman–Crippen MR) is 50.2 cm³/mol. The van der Waals surface area contributed by atoms with E-state index >= 15 is 0 Å². The molecule has 0 amide bonds. The number of rotatable bonds is 0. The first-order chi connectivity index (χ1) is 6.45. The van der Waals surface area contributed by atoms with E-state index < -0.39 is 0 Å². The largest absolute Gasteiger partial charge is 0.464 e. The fourth-order valence-electron chi connectivity index (χ4n) is 1.67. The molecule has 1 aromatic rings. The van der Waals surface area contributed by atoms with Gasteiger partial charge in [0.1, 0.15) is 5.75 Å². The van der Waals surface area contributed by atoms with Gasteiger partial charge in [0.15, 0.2) is 0 Å². The van der Waals surface area contributed by atoms with Crippen molar-refractivity contribution >= 4 is 18.4 Å². The monoisotopic (exact) mass is 172 g/mol. The quantitative estimate of drug-likeness (QED) is 0.570. The van der Waals surface area contributed by atoms with Crippen LogP contribution in [0.15, 0.2) is 18.2 Å². The maximum Gasteiger partial charge on any atom is 0.230 e. The highest BCUT2D eigenvalue weighted by molar-refractivity contribution is 5.71. The van der Waals surface area contributed by atoms with Crippen LogP contribution in [0.2, 0.25) is 0 Å². The van der Waals surface area contributed by atoms with E-state index in [1.54, 1.807) is 6.26 Å². The minimum atomic E-state index is 0.317. The van der Waals surface area contributed by atoms with Crippen LogP contribution in [0.1, 0.15) is 5.56 Å². The van der Waals surface area contributed by atoms with Crippen molar-refractivity contribution < 1.29 is 9.47 Å². The summed E-state index contributed by atoms with van der Waals surface area (Å²) in [6.45, 7) is 0.317. The Bertz CT molecular complexity index is 498. The summed E-state index contributed by atoms with van der Waals surface area (Å²) in [5, 5.41) is 2.24. The minimum Gasteiger partial charge on any atom is -0.464 e. The highest BCUT2D eigenvalue weighted by Gasteiger charge is 2.10. The Hall–Kier alpha value is -1.70. The first-order valence-corrected chi connectivity index (χ1v) is 4.21. The van der Waals surface area contributed by atoms with Gasteiger partial charge in [-0.1, -0.05) is 24.3 Å². The lowest BCUT2D eigenvalue weighted by Gasteiger charge is -2.13. The number of ether oxygens (including phenoxy) is 2. The molecule has 0 spiro atoms. The van der Waals surface area contributed by atoms with Crippen LogP contribution >= 0.6 is 0 Å². The second-order valence-corrected chi connectivity index (χ2v) is 3.06. The lowest BCUT2D eigenvalue weighted by molar-refractivity contribution is 0.0909. The third kappa shape index (κ3) is 0.886. The Kier molecular flexibility index (Phi) is 1.25. The zero-order chi connectivity index (χ0) is 8.67. The second-order valence-electron chi connectivity index (χ2n) is 3.06. The Balaban J connectivity index is 2.43. The first-order valence-electron chi connectivity index (χ1n) is 4.21. The van der Waals surface area contributed by atoms with E-state index in [4.69, 9.17) is 9.47 Å². The molecular formula is C11H8O2. The van der Waals surface area contributed by atoms with Gasteiger partial charge < -0.3 is 9.47 Å². The Labute approximate surface area is 75.4 Å².